The number of rotatable bonds is 8. The summed E-state index contributed by atoms with van der Waals surface area (Å²) in [6.45, 7) is 10.4. The second-order valence-electron chi connectivity index (χ2n) is 7.03. The van der Waals surface area contributed by atoms with E-state index in [1.54, 1.807) is 0 Å². The summed E-state index contributed by atoms with van der Waals surface area (Å²) in [5, 5.41) is 19.5. The second kappa shape index (κ2) is 11.4. The molecule has 2 aromatic carbocycles. The first-order valence-electron chi connectivity index (χ1n) is 9.74. The van der Waals surface area contributed by atoms with Crippen molar-refractivity contribution in [3.63, 3.8) is 0 Å². The van der Waals surface area contributed by atoms with Crippen LogP contribution >= 0.6 is 24.8 Å². The number of para-hydroxylation sites is 2. The molecule has 1 aromatic heterocycles. The maximum atomic E-state index is 10.7. The number of aliphatic hydroxyl groups excluding tert-OH is 1. The van der Waals surface area contributed by atoms with Gasteiger partial charge in [-0.15, -0.1) is 24.8 Å². The Hall–Kier alpha value is -1.79. The summed E-state index contributed by atoms with van der Waals surface area (Å²) < 4.78 is 3.97. The Morgan fingerprint density at radius 3 is 2.03 bits per heavy atom. The molecule has 0 spiro atoms. The topological polar surface area (TPSA) is 57.2 Å². The van der Waals surface area contributed by atoms with Crippen molar-refractivity contribution in [3.8, 4) is 0 Å². The van der Waals surface area contributed by atoms with Gasteiger partial charge in [0.25, 0.3) is 0 Å². The first kappa shape index (κ1) is 25.2. The first-order valence-corrected chi connectivity index (χ1v) is 9.74. The second-order valence-corrected chi connectivity index (χ2v) is 7.03. The minimum Gasteiger partial charge on any atom is -0.387 e. The van der Waals surface area contributed by atoms with Crippen LogP contribution in [-0.4, -0.2) is 38.8 Å². The summed E-state index contributed by atoms with van der Waals surface area (Å²) >= 11 is 0. The molecule has 0 radical (unpaired) electrons. The highest BCUT2D eigenvalue weighted by atomic mass is 35.5. The molecular weight excluding hydrogens is 407 g/mol. The van der Waals surface area contributed by atoms with Gasteiger partial charge in [0, 0.05) is 13.1 Å². The zero-order valence-corrected chi connectivity index (χ0v) is 19.0. The van der Waals surface area contributed by atoms with Gasteiger partial charge in [-0.1, -0.05) is 55.8 Å². The summed E-state index contributed by atoms with van der Waals surface area (Å²) in [6, 6.07) is 16.0. The molecule has 0 aliphatic carbocycles. The highest BCUT2D eigenvalue weighted by Crippen LogP contribution is 2.19. The fourth-order valence-electron chi connectivity index (χ4n) is 3.55. The minimum atomic E-state index is -0.637. The van der Waals surface area contributed by atoms with Crippen molar-refractivity contribution in [1.82, 2.24) is 14.0 Å². The number of nitrogens with one attached hydrogen (secondary N) is 1. The number of aliphatic hydroxyl groups is 1. The van der Waals surface area contributed by atoms with Crippen molar-refractivity contribution in [2.45, 2.75) is 40.0 Å². The molecule has 29 heavy (non-hydrogen) atoms. The molecule has 0 fully saturated rings. The lowest BCUT2D eigenvalue weighted by Gasteiger charge is -2.18. The molecule has 0 saturated carbocycles. The largest absolute Gasteiger partial charge is 0.387 e. The summed E-state index contributed by atoms with van der Waals surface area (Å²) in [7, 11) is 0. The van der Waals surface area contributed by atoms with Gasteiger partial charge < -0.3 is 19.1 Å². The summed E-state index contributed by atoms with van der Waals surface area (Å²) in [6.07, 6.45) is -0.637. The van der Waals surface area contributed by atoms with E-state index in [4.69, 9.17) is 5.41 Å². The standard InChI is InChI=1S/C22H30N4O.2ClH/c1-4-24(5-2)14-15-25-19-8-6-7-9-20(19)26(22(25)23)16-21(27)18-12-10-17(3)11-13-18;;/h6-13,21,23,27H,4-5,14-16H2,1-3H3;2*1H. The predicted octanol–water partition coefficient (Wildman–Crippen LogP) is 4.15. The molecule has 0 aliphatic heterocycles. The average Bonchev–Trinajstić information content (AvgIpc) is 2.95. The van der Waals surface area contributed by atoms with Crippen molar-refractivity contribution in [2.24, 2.45) is 0 Å². The van der Waals surface area contributed by atoms with E-state index in [0.717, 1.165) is 42.8 Å². The Kier molecular flexibility index (Phi) is 9.93. The predicted molar refractivity (Wildman–Crippen MR) is 124 cm³/mol. The Morgan fingerprint density at radius 2 is 1.48 bits per heavy atom. The third-order valence-corrected chi connectivity index (χ3v) is 5.33. The summed E-state index contributed by atoms with van der Waals surface area (Å²) in [4.78, 5) is 2.36. The van der Waals surface area contributed by atoms with E-state index in [-0.39, 0.29) is 24.8 Å². The van der Waals surface area contributed by atoms with Gasteiger partial charge >= 0.3 is 0 Å². The Balaban J connectivity index is 0.00000210. The maximum Gasteiger partial charge on any atom is 0.203 e. The molecule has 0 amide bonds. The number of fused-ring (bicyclic) bond motifs is 1. The number of hydrogen-bond acceptors (Lipinski definition) is 3. The van der Waals surface area contributed by atoms with Crippen LogP contribution in [0.4, 0.5) is 0 Å². The fourth-order valence-corrected chi connectivity index (χ4v) is 3.55. The lowest BCUT2D eigenvalue weighted by molar-refractivity contribution is 0.155. The Bertz CT molecular complexity index is 946. The molecule has 7 heteroatoms. The molecule has 0 bridgehead atoms. The van der Waals surface area contributed by atoms with E-state index in [1.165, 1.54) is 5.56 Å². The van der Waals surface area contributed by atoms with Crippen molar-refractivity contribution in [2.75, 3.05) is 19.6 Å². The van der Waals surface area contributed by atoms with Gasteiger partial charge in [0.2, 0.25) is 5.62 Å². The molecule has 1 heterocycles. The monoisotopic (exact) mass is 438 g/mol. The molecule has 3 rings (SSSR count). The number of aromatic nitrogens is 2. The zero-order chi connectivity index (χ0) is 19.4. The third kappa shape index (κ3) is 5.64. The normalized spacial score (nSPS) is 11.9. The van der Waals surface area contributed by atoms with Gasteiger partial charge in [-0.3, -0.25) is 5.41 Å². The van der Waals surface area contributed by atoms with E-state index in [9.17, 15) is 5.11 Å². The molecule has 0 aliphatic rings. The van der Waals surface area contributed by atoms with Crippen LogP contribution in [0.15, 0.2) is 48.5 Å². The van der Waals surface area contributed by atoms with Crippen LogP contribution in [-0.2, 0) is 13.1 Å². The minimum absolute atomic E-state index is 0. The molecule has 1 unspecified atom stereocenters. The van der Waals surface area contributed by atoms with E-state index >= 15 is 0 Å². The lowest BCUT2D eigenvalue weighted by atomic mass is 10.1. The Morgan fingerprint density at radius 1 is 0.931 bits per heavy atom. The van der Waals surface area contributed by atoms with Gasteiger partial charge in [-0.2, -0.15) is 0 Å². The van der Waals surface area contributed by atoms with Crippen molar-refractivity contribution < 1.29 is 5.11 Å². The van der Waals surface area contributed by atoms with Gasteiger partial charge in [0.1, 0.15) is 0 Å². The molecule has 5 nitrogen and oxygen atoms in total. The van der Waals surface area contributed by atoms with Crippen LogP contribution in [0, 0.1) is 12.3 Å². The SMILES string of the molecule is CCN(CC)CCn1c(=N)n(CC(O)c2ccc(C)cc2)c2ccccc21.Cl.Cl. The highest BCUT2D eigenvalue weighted by Gasteiger charge is 2.15. The van der Waals surface area contributed by atoms with Gasteiger partial charge in [0.15, 0.2) is 0 Å². The van der Waals surface area contributed by atoms with Crippen LogP contribution in [0.1, 0.15) is 31.1 Å². The van der Waals surface area contributed by atoms with E-state index in [2.05, 4.69) is 29.4 Å². The molecular formula is C22H32Cl2N4O. The van der Waals surface area contributed by atoms with Gasteiger partial charge in [0.05, 0.1) is 23.7 Å². The number of nitrogens with zero attached hydrogens (tertiary/aromatic N) is 3. The molecule has 3 aromatic rings. The summed E-state index contributed by atoms with van der Waals surface area (Å²) in [5.74, 6) is 0. The van der Waals surface area contributed by atoms with E-state index < -0.39 is 6.10 Å². The molecule has 1 atom stereocenters. The van der Waals surface area contributed by atoms with Gasteiger partial charge in [-0.25, -0.2) is 0 Å². The zero-order valence-electron chi connectivity index (χ0n) is 17.3. The first-order chi connectivity index (χ1) is 13.0. The summed E-state index contributed by atoms with van der Waals surface area (Å²) in [5.41, 5.74) is 4.54. The van der Waals surface area contributed by atoms with Crippen molar-refractivity contribution in [3.05, 3.63) is 65.3 Å². The molecule has 160 valence electrons. The van der Waals surface area contributed by atoms with Crippen LogP contribution in [0.2, 0.25) is 0 Å². The number of aryl methyl sites for hydroxylation is 1. The number of benzene rings is 2. The van der Waals surface area contributed by atoms with E-state index in [0.29, 0.717) is 12.2 Å². The average molecular weight is 439 g/mol. The van der Waals surface area contributed by atoms with E-state index in [1.807, 2.05) is 54.0 Å². The number of imidazole rings is 1. The Labute approximate surface area is 185 Å². The quantitative estimate of drug-likeness (QED) is 0.554. The number of halogens is 2. The highest BCUT2D eigenvalue weighted by molar-refractivity contribution is 5.85. The maximum absolute atomic E-state index is 10.7. The lowest BCUT2D eigenvalue weighted by Crippen LogP contribution is -2.32. The van der Waals surface area contributed by atoms with Crippen molar-refractivity contribution >= 4 is 35.8 Å². The van der Waals surface area contributed by atoms with Crippen LogP contribution in [0.25, 0.3) is 11.0 Å². The van der Waals surface area contributed by atoms with Crippen LogP contribution < -0.4 is 5.62 Å². The number of hydrogen-bond donors (Lipinski definition) is 2. The number of likely N-dealkylation sites (N-methyl/N-ethyl adjacent to an activating group) is 1. The van der Waals surface area contributed by atoms with Gasteiger partial charge in [-0.05, 0) is 37.7 Å². The molecule has 2 N–H and O–H groups in total. The van der Waals surface area contributed by atoms with Crippen LogP contribution in [0.3, 0.4) is 0 Å². The molecule has 0 saturated heterocycles. The third-order valence-electron chi connectivity index (χ3n) is 5.33. The van der Waals surface area contributed by atoms with Crippen molar-refractivity contribution in [1.29, 1.82) is 5.41 Å². The smallest absolute Gasteiger partial charge is 0.203 e. The fraction of sp³-hybridized carbons (Fsp3) is 0.409. The van der Waals surface area contributed by atoms with Crippen LogP contribution in [0.5, 0.6) is 0 Å².